The predicted molar refractivity (Wildman–Crippen MR) is 81.7 cm³/mol. The summed E-state index contributed by atoms with van der Waals surface area (Å²) in [5.41, 5.74) is 0. The summed E-state index contributed by atoms with van der Waals surface area (Å²) in [5.74, 6) is 1.31. The second-order valence-corrected chi connectivity index (χ2v) is 7.19. The summed E-state index contributed by atoms with van der Waals surface area (Å²) in [5, 5.41) is 0. The molecule has 0 N–H and O–H groups in total. The number of carbonyl (C=O) groups is 2. The van der Waals surface area contributed by atoms with Gasteiger partial charge in [0, 0.05) is 26.1 Å². The monoisotopic (exact) mass is 292 g/mol. The van der Waals surface area contributed by atoms with Crippen LogP contribution in [0.2, 0.25) is 0 Å². The molecule has 0 aromatic rings. The van der Waals surface area contributed by atoms with E-state index in [0.717, 1.165) is 38.8 Å². The van der Waals surface area contributed by atoms with Gasteiger partial charge in [0.15, 0.2) is 0 Å². The van der Waals surface area contributed by atoms with E-state index in [1.807, 2.05) is 16.8 Å². The molecule has 0 spiro atoms. The van der Waals surface area contributed by atoms with Crippen molar-refractivity contribution >= 4 is 11.8 Å². The van der Waals surface area contributed by atoms with Crippen molar-refractivity contribution < 1.29 is 9.59 Å². The first kappa shape index (κ1) is 14.9. The lowest BCUT2D eigenvalue weighted by atomic mass is 9.85. The highest BCUT2D eigenvalue weighted by Crippen LogP contribution is 2.31. The topological polar surface area (TPSA) is 40.6 Å². The molecule has 1 heterocycles. The van der Waals surface area contributed by atoms with Crippen LogP contribution in [0.3, 0.4) is 0 Å². The van der Waals surface area contributed by atoms with Gasteiger partial charge in [-0.25, -0.2) is 0 Å². The first-order valence-electron chi connectivity index (χ1n) is 8.72. The average molecular weight is 292 g/mol. The molecule has 1 atom stereocenters. The van der Waals surface area contributed by atoms with Gasteiger partial charge in [-0.3, -0.25) is 9.59 Å². The van der Waals surface area contributed by atoms with Gasteiger partial charge in [-0.2, -0.15) is 0 Å². The van der Waals surface area contributed by atoms with Crippen LogP contribution in [0.1, 0.15) is 57.8 Å². The molecule has 3 rings (SSSR count). The molecule has 0 radical (unpaired) electrons. The Morgan fingerprint density at radius 1 is 1.00 bits per heavy atom. The van der Waals surface area contributed by atoms with Gasteiger partial charge in [-0.05, 0) is 44.4 Å². The normalized spacial score (nSPS) is 26.9. The second kappa shape index (κ2) is 6.37. The molecule has 0 aromatic heterocycles. The molecule has 118 valence electrons. The lowest BCUT2D eigenvalue weighted by Crippen LogP contribution is -2.49. The van der Waals surface area contributed by atoms with Crippen molar-refractivity contribution in [3.63, 3.8) is 0 Å². The number of carbonyl (C=O) groups excluding carboxylic acids is 2. The fourth-order valence-electron chi connectivity index (χ4n) is 4.10. The van der Waals surface area contributed by atoms with E-state index < -0.39 is 0 Å². The third kappa shape index (κ3) is 3.09. The minimum Gasteiger partial charge on any atom is -0.344 e. The Morgan fingerprint density at radius 3 is 2.33 bits per heavy atom. The summed E-state index contributed by atoms with van der Waals surface area (Å²) in [6, 6.07) is -0.178. The van der Waals surface area contributed by atoms with E-state index in [2.05, 4.69) is 0 Å². The summed E-state index contributed by atoms with van der Waals surface area (Å²) >= 11 is 0. The fraction of sp³-hybridized carbons (Fsp3) is 0.882. The van der Waals surface area contributed by atoms with Gasteiger partial charge in [0.1, 0.15) is 6.04 Å². The number of likely N-dealkylation sites (N-methyl/N-ethyl adjacent to an activating group) is 1. The molecule has 4 nitrogen and oxygen atoms in total. The number of rotatable bonds is 4. The first-order valence-corrected chi connectivity index (χ1v) is 8.72. The zero-order valence-electron chi connectivity index (χ0n) is 13.2. The average Bonchev–Trinajstić information content (AvgIpc) is 3.11. The van der Waals surface area contributed by atoms with Crippen LogP contribution in [0.4, 0.5) is 0 Å². The van der Waals surface area contributed by atoms with Gasteiger partial charge >= 0.3 is 0 Å². The fourth-order valence-corrected chi connectivity index (χ4v) is 4.10. The Labute approximate surface area is 127 Å². The van der Waals surface area contributed by atoms with Crippen molar-refractivity contribution in [2.75, 3.05) is 20.1 Å². The highest BCUT2D eigenvalue weighted by Gasteiger charge is 2.39. The maximum absolute atomic E-state index is 12.7. The van der Waals surface area contributed by atoms with Crippen LogP contribution in [-0.2, 0) is 9.59 Å². The molecule has 1 aliphatic heterocycles. The summed E-state index contributed by atoms with van der Waals surface area (Å²) in [6.07, 6.45) is 10.0. The van der Waals surface area contributed by atoms with Crippen LogP contribution in [0.5, 0.6) is 0 Å². The van der Waals surface area contributed by atoms with Crippen molar-refractivity contribution in [1.29, 1.82) is 0 Å². The zero-order valence-corrected chi connectivity index (χ0v) is 13.2. The Balaban J connectivity index is 1.59. The van der Waals surface area contributed by atoms with Gasteiger partial charge in [-0.1, -0.05) is 19.3 Å². The van der Waals surface area contributed by atoms with Crippen molar-refractivity contribution in [2.45, 2.75) is 63.8 Å². The van der Waals surface area contributed by atoms with E-state index in [1.54, 1.807) is 0 Å². The SMILES string of the molecule is CN(CC1CCC1)C(=O)[C@@H]1CCCN1C(=O)C1CCCC1. The largest absolute Gasteiger partial charge is 0.344 e. The molecule has 2 saturated carbocycles. The number of likely N-dealkylation sites (tertiary alicyclic amines) is 1. The minimum atomic E-state index is -0.178. The Morgan fingerprint density at radius 2 is 1.71 bits per heavy atom. The summed E-state index contributed by atoms with van der Waals surface area (Å²) in [4.78, 5) is 29.1. The molecule has 1 saturated heterocycles. The zero-order chi connectivity index (χ0) is 14.8. The van der Waals surface area contributed by atoms with E-state index in [0.29, 0.717) is 5.92 Å². The number of amides is 2. The lowest BCUT2D eigenvalue weighted by Gasteiger charge is -2.34. The molecule has 3 fully saturated rings. The summed E-state index contributed by atoms with van der Waals surface area (Å²) in [7, 11) is 1.91. The van der Waals surface area contributed by atoms with E-state index in [9.17, 15) is 9.59 Å². The van der Waals surface area contributed by atoms with E-state index in [4.69, 9.17) is 0 Å². The van der Waals surface area contributed by atoms with Gasteiger partial charge in [-0.15, -0.1) is 0 Å². The second-order valence-electron chi connectivity index (χ2n) is 7.19. The summed E-state index contributed by atoms with van der Waals surface area (Å²) < 4.78 is 0. The van der Waals surface area contributed by atoms with Gasteiger partial charge in [0.2, 0.25) is 11.8 Å². The lowest BCUT2D eigenvalue weighted by molar-refractivity contribution is -0.145. The molecule has 3 aliphatic rings. The van der Waals surface area contributed by atoms with Crippen LogP contribution in [0, 0.1) is 11.8 Å². The highest BCUT2D eigenvalue weighted by atomic mass is 16.2. The quantitative estimate of drug-likeness (QED) is 0.798. The first-order chi connectivity index (χ1) is 10.2. The van der Waals surface area contributed by atoms with Crippen LogP contribution in [0.15, 0.2) is 0 Å². The van der Waals surface area contributed by atoms with Crippen LogP contribution >= 0.6 is 0 Å². The number of hydrogen-bond acceptors (Lipinski definition) is 2. The third-order valence-electron chi connectivity index (χ3n) is 5.66. The molecule has 2 aliphatic carbocycles. The van der Waals surface area contributed by atoms with Gasteiger partial charge in [0.25, 0.3) is 0 Å². The highest BCUT2D eigenvalue weighted by molar-refractivity contribution is 5.89. The maximum Gasteiger partial charge on any atom is 0.245 e. The molecule has 4 heteroatoms. The van der Waals surface area contributed by atoms with Crippen LogP contribution in [0.25, 0.3) is 0 Å². The molecular weight excluding hydrogens is 264 g/mol. The number of hydrogen-bond donors (Lipinski definition) is 0. The molecule has 21 heavy (non-hydrogen) atoms. The van der Waals surface area contributed by atoms with Gasteiger partial charge < -0.3 is 9.80 Å². The van der Waals surface area contributed by atoms with E-state index in [-0.39, 0.29) is 23.8 Å². The summed E-state index contributed by atoms with van der Waals surface area (Å²) in [6.45, 7) is 1.66. The predicted octanol–water partition coefficient (Wildman–Crippen LogP) is 2.43. The smallest absolute Gasteiger partial charge is 0.245 e. The Bertz CT molecular complexity index is 400. The van der Waals surface area contributed by atoms with E-state index in [1.165, 1.54) is 32.1 Å². The standard InChI is InChI=1S/C17H28N2O2/c1-18(12-13-6-4-7-13)17(21)15-10-5-11-19(15)16(20)14-8-2-3-9-14/h13-15H,2-12H2,1H3/t15-/m0/s1. The minimum absolute atomic E-state index is 0.172. The van der Waals surface area contributed by atoms with Crippen molar-refractivity contribution in [3.8, 4) is 0 Å². The maximum atomic E-state index is 12.7. The molecule has 2 amide bonds. The van der Waals surface area contributed by atoms with Crippen LogP contribution < -0.4 is 0 Å². The Hall–Kier alpha value is -1.06. The van der Waals surface area contributed by atoms with Crippen molar-refractivity contribution in [1.82, 2.24) is 9.80 Å². The van der Waals surface area contributed by atoms with Crippen molar-refractivity contribution in [3.05, 3.63) is 0 Å². The van der Waals surface area contributed by atoms with Crippen molar-refractivity contribution in [2.24, 2.45) is 11.8 Å². The van der Waals surface area contributed by atoms with E-state index >= 15 is 0 Å². The third-order valence-corrected chi connectivity index (χ3v) is 5.66. The Kier molecular flexibility index (Phi) is 4.51. The van der Waals surface area contributed by atoms with Gasteiger partial charge in [0.05, 0.1) is 0 Å². The van der Waals surface area contributed by atoms with Crippen LogP contribution in [-0.4, -0.2) is 47.8 Å². The number of nitrogens with zero attached hydrogens (tertiary/aromatic N) is 2. The molecular formula is C17H28N2O2. The molecule has 0 bridgehead atoms. The molecule has 0 aromatic carbocycles. The molecule has 0 unspecified atom stereocenters.